The molecule has 4 N–H and O–H groups in total. The van der Waals surface area contributed by atoms with Gasteiger partial charge in [0, 0.05) is 24.7 Å². The number of aldehydes is 1. The number of rotatable bonds is 8. The molecular formula is C61H94N2O8. The smallest absolute Gasteiger partial charge is 0.309 e. The van der Waals surface area contributed by atoms with E-state index in [9.17, 15) is 24.6 Å². The summed E-state index contributed by atoms with van der Waals surface area (Å²) in [6.07, 6.45) is 25.5. The molecule has 11 aliphatic rings. The number of esters is 2. The molecule has 0 aromatic heterocycles. The topological polar surface area (TPSA) is 158 Å². The van der Waals surface area contributed by atoms with Crippen LogP contribution in [0.3, 0.4) is 0 Å². The Kier molecular flexibility index (Phi) is 14.7. The zero-order valence-corrected chi connectivity index (χ0v) is 45.1. The van der Waals surface area contributed by atoms with Crippen molar-refractivity contribution in [2.45, 2.75) is 195 Å². The molecule has 21 atom stereocenters. The number of oxime groups is 1. The number of fused-ring (bicyclic) bond motifs is 7. The van der Waals surface area contributed by atoms with Crippen molar-refractivity contribution in [1.82, 2.24) is 0 Å². The molecule has 0 unspecified atom stereocenters. The van der Waals surface area contributed by atoms with Crippen LogP contribution in [0, 0.1) is 104 Å². The summed E-state index contributed by atoms with van der Waals surface area (Å²) in [6.45, 7) is 28.0. The summed E-state index contributed by atoms with van der Waals surface area (Å²) >= 11 is 0. The number of nitrogens with zero attached hydrogens (tertiary/aromatic N) is 1. The largest absolute Gasteiger partial charge is 0.462 e. The van der Waals surface area contributed by atoms with E-state index in [4.69, 9.17) is 20.0 Å². The Morgan fingerprint density at radius 2 is 1.07 bits per heavy atom. The van der Waals surface area contributed by atoms with Crippen LogP contribution in [-0.4, -0.2) is 73.2 Å². The Balaban J connectivity index is 0.000000132. The molecule has 0 aromatic rings. The van der Waals surface area contributed by atoms with Crippen molar-refractivity contribution in [3.05, 3.63) is 36.5 Å². The van der Waals surface area contributed by atoms with Crippen LogP contribution >= 0.6 is 0 Å². The number of carbonyl (C=O) groups excluding carboxylic acids is 3. The summed E-state index contributed by atoms with van der Waals surface area (Å²) in [5.74, 6) is 4.24. The van der Waals surface area contributed by atoms with E-state index in [2.05, 4.69) is 66.4 Å². The van der Waals surface area contributed by atoms with Crippen molar-refractivity contribution < 1.29 is 38.9 Å². The van der Waals surface area contributed by atoms with Crippen molar-refractivity contribution in [3.63, 3.8) is 0 Å². The van der Waals surface area contributed by atoms with E-state index in [1.54, 1.807) is 7.11 Å². The number of aliphatic hydroxyl groups is 2. The Labute approximate surface area is 427 Å². The van der Waals surface area contributed by atoms with Gasteiger partial charge in [-0.2, -0.15) is 0 Å². The third-order valence-electron chi connectivity index (χ3n) is 24.7. The number of ether oxygens (including phenoxy) is 2. The summed E-state index contributed by atoms with van der Waals surface area (Å²) in [5, 5.41) is 24.2. The Hall–Kier alpha value is -2.82. The van der Waals surface area contributed by atoms with Crippen LogP contribution < -0.4 is 5.73 Å². The molecule has 9 saturated carbocycles. The molecule has 10 nitrogen and oxygen atoms in total. The predicted octanol–water partition coefficient (Wildman–Crippen LogP) is 11.4. The highest BCUT2D eigenvalue weighted by Gasteiger charge is 2.63. The van der Waals surface area contributed by atoms with Crippen molar-refractivity contribution in [1.29, 1.82) is 0 Å². The van der Waals surface area contributed by atoms with Gasteiger partial charge >= 0.3 is 11.9 Å². The third kappa shape index (κ3) is 8.60. The van der Waals surface area contributed by atoms with E-state index in [0.29, 0.717) is 47.3 Å². The molecule has 2 heterocycles. The minimum atomic E-state index is -0.239. The minimum Gasteiger partial charge on any atom is -0.462 e. The van der Waals surface area contributed by atoms with Gasteiger partial charge in [0.1, 0.15) is 25.6 Å². The number of hydrogen-bond donors (Lipinski definition) is 3. The molecule has 0 radical (unpaired) electrons. The molecule has 4 bridgehead atoms. The summed E-state index contributed by atoms with van der Waals surface area (Å²) < 4.78 is 11.1. The van der Waals surface area contributed by atoms with Gasteiger partial charge in [-0.25, -0.2) is 0 Å². The quantitative estimate of drug-likeness (QED) is 0.0708. The maximum Gasteiger partial charge on any atom is 0.309 e. The van der Waals surface area contributed by atoms with Gasteiger partial charge in [0.2, 0.25) is 0 Å². The molecule has 9 aliphatic carbocycles. The highest BCUT2D eigenvalue weighted by Crippen LogP contribution is 2.67. The lowest BCUT2D eigenvalue weighted by atomic mass is 9.49. The Morgan fingerprint density at radius 1 is 0.620 bits per heavy atom. The fraction of sp³-hybridized carbons (Fsp3) is 0.836. The van der Waals surface area contributed by atoms with Gasteiger partial charge < -0.3 is 35.1 Å². The van der Waals surface area contributed by atoms with Crippen molar-refractivity contribution in [2.24, 2.45) is 114 Å². The molecule has 0 amide bonds. The maximum absolute atomic E-state index is 12.5. The fourth-order valence-electron chi connectivity index (χ4n) is 19.7. The van der Waals surface area contributed by atoms with Gasteiger partial charge in [-0.15, -0.1) is 0 Å². The van der Waals surface area contributed by atoms with Crippen LogP contribution in [0.15, 0.2) is 41.6 Å². The first kappa shape index (κ1) is 53.0. The fourth-order valence-corrected chi connectivity index (χ4v) is 19.7. The van der Waals surface area contributed by atoms with Crippen molar-refractivity contribution in [2.75, 3.05) is 20.3 Å². The molecule has 10 heteroatoms. The number of allylic oxidation sites excluding steroid dienone is 3. The van der Waals surface area contributed by atoms with Crippen molar-refractivity contribution in [3.8, 4) is 0 Å². The number of nitrogens with two attached hydrogens (primary N) is 1. The molecule has 0 spiro atoms. The first-order valence-corrected chi connectivity index (χ1v) is 28.6. The molecule has 2 saturated heterocycles. The summed E-state index contributed by atoms with van der Waals surface area (Å²) in [5.41, 5.74) is 11.1. The van der Waals surface area contributed by atoms with Gasteiger partial charge in [-0.05, 0) is 221 Å². The zero-order valence-electron chi connectivity index (χ0n) is 45.1. The summed E-state index contributed by atoms with van der Waals surface area (Å²) in [7, 11) is 1.61. The van der Waals surface area contributed by atoms with Gasteiger partial charge in [0.15, 0.2) is 0 Å². The summed E-state index contributed by atoms with van der Waals surface area (Å²) in [6, 6.07) is 0. The SMILES string of the molecule is C=C1CC[C@H]2[C@H](/C=N\OC)[C@@H]([C@@]3(C)CC[C@H]4C[C@@H]3C(=O)O4)CC[C@]12C.C=C1CC[C@H]2[C@H](C=O)[C@@H]([C@@]3(C)CC[C@H]4C[C@@H]3C(=O)O4)CC[C@]12C.C=C1CC[C@H]2[C@H](CN)[C@@H]([C@@]3(C)CC[C@H](O)C[C@@H]3CO)CC[C@]12C. The van der Waals surface area contributed by atoms with Gasteiger partial charge in [0.25, 0.3) is 0 Å². The Morgan fingerprint density at radius 3 is 1.55 bits per heavy atom. The second-order valence-corrected chi connectivity index (χ2v) is 27.2. The predicted molar refractivity (Wildman–Crippen MR) is 278 cm³/mol. The number of carbonyl (C=O) groups is 3. The van der Waals surface area contributed by atoms with E-state index in [0.717, 1.165) is 109 Å². The minimum absolute atomic E-state index is 0.00246. The Bertz CT molecular complexity index is 2110. The summed E-state index contributed by atoms with van der Waals surface area (Å²) in [4.78, 5) is 42.0. The van der Waals surface area contributed by atoms with Crippen LogP contribution in [-0.2, 0) is 28.7 Å². The average molecular weight is 983 g/mol. The first-order valence-electron chi connectivity index (χ1n) is 28.6. The molecule has 71 heavy (non-hydrogen) atoms. The van der Waals surface area contributed by atoms with E-state index in [1.165, 1.54) is 55.1 Å². The van der Waals surface area contributed by atoms with Gasteiger partial charge in [0.05, 0.1) is 17.9 Å². The molecule has 0 aromatic carbocycles. The van der Waals surface area contributed by atoms with Crippen LogP contribution in [0.1, 0.15) is 176 Å². The maximum atomic E-state index is 12.5. The lowest BCUT2D eigenvalue weighted by Gasteiger charge is -2.56. The molecule has 11 rings (SSSR count). The standard InChI is InChI=1S/C21H31NO3.C20H35NO2.C20H28O3/c1-13-5-6-16-15(12-22-24-4)17(8-10-20(13,16)2)21(3)9-7-14-11-18(21)19(23)25-14;1-13-4-5-17-16(11-21)18(7-9-19(13,17)2)20(3)8-6-15(23)10-14(20)12-22;1-12-4-5-15-14(11-21)16(7-9-19(12,15)2)20(3)8-6-13-10-17(20)18(22)23-13/h12,14-18H,1,5-11H2,2-4H3;14-18,22-23H,1,4-12,21H2,2-3H3;11,13-17H,1,4-10H2,2-3H3/b22-12-;;/t14-,15-,16-,17-,18+,20+,21+;14-,15+,16+,17+,18+,19-,20+;13-,14-,15-,16-,17+,19+,20+/m010/s1. The van der Waals surface area contributed by atoms with E-state index < -0.39 is 0 Å². The first-order chi connectivity index (χ1) is 33.7. The monoisotopic (exact) mass is 983 g/mol. The zero-order chi connectivity index (χ0) is 51.1. The normalized spacial score (nSPS) is 50.7. The van der Waals surface area contributed by atoms with Crippen LogP contribution in [0.2, 0.25) is 0 Å². The van der Waals surface area contributed by atoms with Gasteiger partial charge in [-0.1, -0.05) is 83.2 Å². The second kappa shape index (κ2) is 19.7. The molecule has 11 fully saturated rings. The van der Waals surface area contributed by atoms with E-state index >= 15 is 0 Å². The van der Waals surface area contributed by atoms with Crippen LogP contribution in [0.4, 0.5) is 0 Å². The molecular weight excluding hydrogens is 889 g/mol. The number of aliphatic hydroxyl groups excluding tert-OH is 2. The van der Waals surface area contributed by atoms with Crippen LogP contribution in [0.5, 0.6) is 0 Å². The lowest BCUT2D eigenvalue weighted by Crippen LogP contribution is -2.52. The highest BCUT2D eigenvalue weighted by atomic mass is 16.6. The van der Waals surface area contributed by atoms with Crippen molar-refractivity contribution >= 4 is 24.4 Å². The molecule has 396 valence electrons. The van der Waals surface area contributed by atoms with Gasteiger partial charge in [-0.3, -0.25) is 9.59 Å². The molecule has 2 aliphatic heterocycles. The third-order valence-corrected chi connectivity index (χ3v) is 24.7. The van der Waals surface area contributed by atoms with Crippen LogP contribution in [0.25, 0.3) is 0 Å². The highest BCUT2D eigenvalue weighted by molar-refractivity contribution is 5.77. The number of hydrogen-bond acceptors (Lipinski definition) is 10. The lowest BCUT2D eigenvalue weighted by molar-refractivity contribution is -0.148. The second-order valence-electron chi connectivity index (χ2n) is 27.2. The van der Waals surface area contributed by atoms with E-state index in [-0.39, 0.29) is 93.0 Å². The average Bonchev–Trinajstić information content (AvgIpc) is 4.13. The van der Waals surface area contributed by atoms with E-state index in [1.807, 2.05) is 6.21 Å².